The highest BCUT2D eigenvalue weighted by molar-refractivity contribution is 5.87. The molecule has 1 unspecified atom stereocenters. The minimum absolute atomic E-state index is 0.0511. The van der Waals surface area contributed by atoms with Crippen molar-refractivity contribution in [3.05, 3.63) is 35.1 Å². The first-order valence-corrected chi connectivity index (χ1v) is 5.18. The third-order valence-electron chi connectivity index (χ3n) is 2.40. The molecule has 0 bridgehead atoms. The number of carboxylic acid groups (broad SMARTS) is 1. The molecule has 0 spiro atoms. The zero-order chi connectivity index (χ0) is 12.1. The van der Waals surface area contributed by atoms with Crippen LogP contribution in [0.3, 0.4) is 0 Å². The van der Waals surface area contributed by atoms with E-state index in [1.165, 1.54) is 12.1 Å². The zero-order valence-electron chi connectivity index (χ0n) is 9.37. The predicted molar refractivity (Wildman–Crippen MR) is 57.9 cm³/mol. The summed E-state index contributed by atoms with van der Waals surface area (Å²) in [6.45, 7) is 4.05. The first kappa shape index (κ1) is 12.6. The monoisotopic (exact) mass is 226 g/mol. The zero-order valence-corrected chi connectivity index (χ0v) is 9.37. The molecule has 0 aliphatic heterocycles. The Labute approximate surface area is 93.9 Å². The highest BCUT2D eigenvalue weighted by atomic mass is 19.1. The maximum Gasteiger partial charge on any atom is 0.335 e. The molecule has 1 rings (SSSR count). The van der Waals surface area contributed by atoms with E-state index in [1.807, 2.05) is 13.8 Å². The molecular formula is C12H15FO3. The molecule has 1 aromatic carbocycles. The van der Waals surface area contributed by atoms with E-state index >= 15 is 0 Å². The van der Waals surface area contributed by atoms with Crippen molar-refractivity contribution in [2.45, 2.75) is 33.0 Å². The van der Waals surface area contributed by atoms with E-state index in [0.29, 0.717) is 5.56 Å². The molecule has 0 aliphatic carbocycles. The molecule has 0 fully saturated rings. The average Bonchev–Trinajstić information content (AvgIpc) is 2.26. The maximum absolute atomic E-state index is 13.4. The van der Waals surface area contributed by atoms with Gasteiger partial charge in [0.05, 0.1) is 18.3 Å². The summed E-state index contributed by atoms with van der Waals surface area (Å²) in [6.07, 6.45) is 0.924. The fourth-order valence-corrected chi connectivity index (χ4v) is 1.15. The number of hydrogen-bond donors (Lipinski definition) is 1. The molecule has 1 N–H and O–H groups in total. The number of carbonyl (C=O) groups is 1. The van der Waals surface area contributed by atoms with E-state index in [9.17, 15) is 9.18 Å². The van der Waals surface area contributed by atoms with Crippen LogP contribution in [0.15, 0.2) is 18.2 Å². The maximum atomic E-state index is 13.4. The standard InChI is InChI=1S/C12H15FO3/c1-3-8(2)16-7-10-5-4-9(12(14)15)6-11(10)13/h4-6,8H,3,7H2,1-2H3,(H,14,15). The van der Waals surface area contributed by atoms with Crippen molar-refractivity contribution in [3.63, 3.8) is 0 Å². The minimum Gasteiger partial charge on any atom is -0.478 e. The van der Waals surface area contributed by atoms with Gasteiger partial charge < -0.3 is 9.84 Å². The van der Waals surface area contributed by atoms with Crippen LogP contribution in [0, 0.1) is 5.82 Å². The van der Waals surface area contributed by atoms with E-state index in [0.717, 1.165) is 12.5 Å². The van der Waals surface area contributed by atoms with Gasteiger partial charge in [0.1, 0.15) is 5.82 Å². The first-order valence-electron chi connectivity index (χ1n) is 5.18. The van der Waals surface area contributed by atoms with Crippen LogP contribution in [-0.4, -0.2) is 17.2 Å². The van der Waals surface area contributed by atoms with Crippen molar-refractivity contribution in [1.29, 1.82) is 0 Å². The van der Waals surface area contributed by atoms with Crippen LogP contribution in [0.2, 0.25) is 0 Å². The summed E-state index contributed by atoms with van der Waals surface area (Å²) < 4.78 is 18.8. The highest BCUT2D eigenvalue weighted by Gasteiger charge is 2.09. The Balaban J connectivity index is 2.72. The molecule has 0 saturated heterocycles. The Hall–Kier alpha value is -1.42. The third-order valence-corrected chi connectivity index (χ3v) is 2.40. The van der Waals surface area contributed by atoms with Crippen molar-refractivity contribution in [2.75, 3.05) is 0 Å². The lowest BCUT2D eigenvalue weighted by molar-refractivity contribution is 0.0491. The average molecular weight is 226 g/mol. The van der Waals surface area contributed by atoms with Crippen LogP contribution < -0.4 is 0 Å². The Bertz CT molecular complexity index is 377. The van der Waals surface area contributed by atoms with E-state index < -0.39 is 11.8 Å². The fourth-order valence-electron chi connectivity index (χ4n) is 1.15. The lowest BCUT2D eigenvalue weighted by Crippen LogP contribution is -2.07. The lowest BCUT2D eigenvalue weighted by Gasteiger charge is -2.11. The number of aromatic carboxylic acids is 1. The molecule has 1 atom stereocenters. The van der Waals surface area contributed by atoms with Crippen LogP contribution in [-0.2, 0) is 11.3 Å². The number of ether oxygens (including phenoxy) is 1. The lowest BCUT2D eigenvalue weighted by atomic mass is 10.1. The molecule has 1 aromatic rings. The van der Waals surface area contributed by atoms with E-state index in [1.54, 1.807) is 0 Å². The van der Waals surface area contributed by atoms with Gasteiger partial charge in [-0.25, -0.2) is 9.18 Å². The smallest absolute Gasteiger partial charge is 0.335 e. The molecule has 0 aromatic heterocycles. The van der Waals surface area contributed by atoms with Gasteiger partial charge in [0, 0.05) is 5.56 Å². The molecule has 3 nitrogen and oxygen atoms in total. The van der Waals surface area contributed by atoms with Gasteiger partial charge in [0.25, 0.3) is 0 Å². The SMILES string of the molecule is CCC(C)OCc1ccc(C(=O)O)cc1F. The summed E-state index contributed by atoms with van der Waals surface area (Å²) in [7, 11) is 0. The molecule has 88 valence electrons. The van der Waals surface area contributed by atoms with Gasteiger partial charge in [-0.15, -0.1) is 0 Å². The van der Waals surface area contributed by atoms with Crippen LogP contribution in [0.1, 0.15) is 36.2 Å². The van der Waals surface area contributed by atoms with Crippen LogP contribution >= 0.6 is 0 Å². The number of halogens is 1. The Morgan fingerprint density at radius 3 is 2.75 bits per heavy atom. The minimum atomic E-state index is -1.13. The van der Waals surface area contributed by atoms with Crippen LogP contribution in [0.5, 0.6) is 0 Å². The molecule has 0 heterocycles. The second-order valence-corrected chi connectivity index (χ2v) is 3.64. The van der Waals surface area contributed by atoms with Gasteiger partial charge in [-0.3, -0.25) is 0 Å². The summed E-state index contributed by atoms with van der Waals surface area (Å²) in [4.78, 5) is 10.6. The van der Waals surface area contributed by atoms with Crippen molar-refractivity contribution < 1.29 is 19.0 Å². The Kier molecular flexibility index (Phi) is 4.43. The topological polar surface area (TPSA) is 46.5 Å². The first-order chi connectivity index (χ1) is 7.54. The molecule has 0 saturated carbocycles. The normalized spacial score (nSPS) is 12.4. The molecule has 0 radical (unpaired) electrons. The van der Waals surface area contributed by atoms with Gasteiger partial charge >= 0.3 is 5.97 Å². The van der Waals surface area contributed by atoms with Crippen molar-refractivity contribution in [1.82, 2.24) is 0 Å². The van der Waals surface area contributed by atoms with Gasteiger partial charge in [-0.05, 0) is 25.5 Å². The Morgan fingerprint density at radius 1 is 1.56 bits per heavy atom. The quantitative estimate of drug-likeness (QED) is 0.839. The second-order valence-electron chi connectivity index (χ2n) is 3.64. The number of benzene rings is 1. The van der Waals surface area contributed by atoms with Crippen molar-refractivity contribution in [3.8, 4) is 0 Å². The summed E-state index contributed by atoms with van der Waals surface area (Å²) in [5.74, 6) is -1.67. The van der Waals surface area contributed by atoms with E-state index in [-0.39, 0.29) is 18.3 Å². The summed E-state index contributed by atoms with van der Waals surface area (Å²) in [5.41, 5.74) is 0.329. The van der Waals surface area contributed by atoms with Gasteiger partial charge in [-0.2, -0.15) is 0 Å². The van der Waals surface area contributed by atoms with Gasteiger partial charge in [-0.1, -0.05) is 13.0 Å². The fraction of sp³-hybridized carbons (Fsp3) is 0.417. The molecule has 4 heteroatoms. The molecule has 0 aliphatic rings. The van der Waals surface area contributed by atoms with Crippen LogP contribution in [0.25, 0.3) is 0 Å². The van der Waals surface area contributed by atoms with Crippen molar-refractivity contribution >= 4 is 5.97 Å². The Morgan fingerprint density at radius 2 is 2.25 bits per heavy atom. The second kappa shape index (κ2) is 5.61. The number of carboxylic acids is 1. The summed E-state index contributed by atoms with van der Waals surface area (Å²) >= 11 is 0. The van der Waals surface area contributed by atoms with Crippen LogP contribution in [0.4, 0.5) is 4.39 Å². The predicted octanol–water partition coefficient (Wildman–Crippen LogP) is 2.84. The molecule has 16 heavy (non-hydrogen) atoms. The summed E-state index contributed by atoms with van der Waals surface area (Å²) in [6, 6.07) is 3.83. The van der Waals surface area contributed by atoms with Gasteiger partial charge in [0.15, 0.2) is 0 Å². The van der Waals surface area contributed by atoms with Crippen molar-refractivity contribution in [2.24, 2.45) is 0 Å². The molecular weight excluding hydrogens is 211 g/mol. The van der Waals surface area contributed by atoms with E-state index in [2.05, 4.69) is 0 Å². The highest BCUT2D eigenvalue weighted by Crippen LogP contribution is 2.13. The third kappa shape index (κ3) is 3.31. The van der Waals surface area contributed by atoms with E-state index in [4.69, 9.17) is 9.84 Å². The van der Waals surface area contributed by atoms with Gasteiger partial charge in [0.2, 0.25) is 0 Å². The number of hydrogen-bond acceptors (Lipinski definition) is 2. The summed E-state index contributed by atoms with van der Waals surface area (Å²) in [5, 5.41) is 8.66. The largest absolute Gasteiger partial charge is 0.478 e. The number of rotatable bonds is 5. The molecule has 0 amide bonds.